The molecule has 0 bridgehead atoms. The molecule has 2 aromatic carbocycles. The number of non-ortho nitro benzene ring substituents is 1. The minimum Gasteiger partial charge on any atom is -0.457 e. The predicted molar refractivity (Wildman–Crippen MR) is 133 cm³/mol. The number of hydrogen-bond acceptors (Lipinski definition) is 8. The van der Waals surface area contributed by atoms with Gasteiger partial charge in [0.25, 0.3) is 5.69 Å². The summed E-state index contributed by atoms with van der Waals surface area (Å²) >= 11 is 7.24. The van der Waals surface area contributed by atoms with Gasteiger partial charge in [0.2, 0.25) is 0 Å². The molecule has 5 aromatic rings. The summed E-state index contributed by atoms with van der Waals surface area (Å²) in [7, 11) is 0. The second-order valence-corrected chi connectivity index (χ2v) is 8.64. The van der Waals surface area contributed by atoms with Gasteiger partial charge in [-0.25, -0.2) is 9.78 Å². The number of hydrogen-bond donors (Lipinski definition) is 0. The summed E-state index contributed by atoms with van der Waals surface area (Å²) in [6.45, 7) is 0. The number of halogens is 1. The molecular weight excluding hydrogens is 490 g/mol. The number of benzene rings is 2. The fourth-order valence-electron chi connectivity index (χ4n) is 3.44. The third-order valence-corrected chi connectivity index (χ3v) is 6.19. The molecule has 0 saturated heterocycles. The van der Waals surface area contributed by atoms with Crippen LogP contribution >= 0.6 is 22.9 Å². The summed E-state index contributed by atoms with van der Waals surface area (Å²) in [5, 5.41) is 24.0. The molecule has 0 aliphatic heterocycles. The lowest BCUT2D eigenvalue weighted by atomic mass is 10.1. The Balaban J connectivity index is 1.47. The minimum atomic E-state index is -0.549. The molecule has 5 rings (SSSR count). The van der Waals surface area contributed by atoms with Crippen LogP contribution < -0.4 is 5.63 Å². The van der Waals surface area contributed by atoms with Crippen LogP contribution in [0.5, 0.6) is 0 Å². The fourth-order valence-corrected chi connectivity index (χ4v) is 4.40. The SMILES string of the molecule is N#CC(=Cc1ccc(-c2cccc([N+](=O)[O-])c2)o1)c1nc(-c2cc3cc(Cl)ccc3oc2=O)cs1. The summed E-state index contributed by atoms with van der Waals surface area (Å²) in [6, 6.07) is 18.1. The van der Waals surface area contributed by atoms with Crippen molar-refractivity contribution in [2.24, 2.45) is 0 Å². The molecule has 170 valence electrons. The van der Waals surface area contributed by atoms with E-state index in [0.29, 0.717) is 43.8 Å². The topological polar surface area (TPSA) is 123 Å². The first-order valence-corrected chi connectivity index (χ1v) is 11.3. The Hall–Kier alpha value is -4.52. The molecule has 0 aliphatic carbocycles. The Labute approximate surface area is 206 Å². The normalized spacial score (nSPS) is 11.5. The van der Waals surface area contributed by atoms with Crippen LogP contribution in [-0.2, 0) is 0 Å². The molecule has 0 N–H and O–H groups in total. The highest BCUT2D eigenvalue weighted by molar-refractivity contribution is 7.11. The second-order valence-electron chi connectivity index (χ2n) is 7.35. The zero-order chi connectivity index (χ0) is 24.5. The van der Waals surface area contributed by atoms with Gasteiger partial charge in [-0.05, 0) is 36.4 Å². The predicted octanol–water partition coefficient (Wildman–Crippen LogP) is 6.80. The van der Waals surface area contributed by atoms with E-state index in [4.69, 9.17) is 20.4 Å². The quantitative estimate of drug-likeness (QED) is 0.112. The molecular formula is C25H12ClN3O5S. The maximum Gasteiger partial charge on any atom is 0.345 e. The van der Waals surface area contributed by atoms with Crippen molar-refractivity contribution in [1.82, 2.24) is 4.98 Å². The van der Waals surface area contributed by atoms with Gasteiger partial charge in [-0.2, -0.15) is 5.26 Å². The van der Waals surface area contributed by atoms with E-state index in [0.717, 1.165) is 0 Å². The van der Waals surface area contributed by atoms with Gasteiger partial charge >= 0.3 is 5.63 Å². The first-order chi connectivity index (χ1) is 16.9. The molecule has 8 nitrogen and oxygen atoms in total. The molecule has 0 radical (unpaired) electrons. The van der Waals surface area contributed by atoms with Gasteiger partial charge in [0.15, 0.2) is 0 Å². The molecule has 0 spiro atoms. The highest BCUT2D eigenvalue weighted by atomic mass is 35.5. The van der Waals surface area contributed by atoms with Crippen molar-refractivity contribution in [2.75, 3.05) is 0 Å². The molecule has 0 amide bonds. The number of nitriles is 1. The van der Waals surface area contributed by atoms with Crippen molar-refractivity contribution in [3.63, 3.8) is 0 Å². The zero-order valence-corrected chi connectivity index (χ0v) is 19.2. The van der Waals surface area contributed by atoms with Crippen molar-refractivity contribution in [3.8, 4) is 28.7 Å². The maximum atomic E-state index is 12.5. The minimum absolute atomic E-state index is 0.0514. The van der Waals surface area contributed by atoms with Crippen LogP contribution in [0.2, 0.25) is 5.02 Å². The molecule has 0 atom stereocenters. The zero-order valence-electron chi connectivity index (χ0n) is 17.6. The highest BCUT2D eigenvalue weighted by Crippen LogP contribution is 2.30. The van der Waals surface area contributed by atoms with Gasteiger partial charge in [0.1, 0.15) is 28.2 Å². The monoisotopic (exact) mass is 501 g/mol. The summed E-state index contributed by atoms with van der Waals surface area (Å²) in [4.78, 5) is 27.5. The third kappa shape index (κ3) is 4.48. The number of aromatic nitrogens is 1. The lowest BCUT2D eigenvalue weighted by molar-refractivity contribution is -0.384. The summed E-state index contributed by atoms with van der Waals surface area (Å²) in [5.74, 6) is 0.796. The summed E-state index contributed by atoms with van der Waals surface area (Å²) in [6.07, 6.45) is 1.52. The highest BCUT2D eigenvalue weighted by Gasteiger charge is 2.15. The Morgan fingerprint density at radius 2 is 2.00 bits per heavy atom. The van der Waals surface area contributed by atoms with E-state index in [9.17, 15) is 20.2 Å². The number of nitro benzene ring substituents is 1. The third-order valence-electron chi connectivity index (χ3n) is 5.08. The van der Waals surface area contributed by atoms with E-state index >= 15 is 0 Å². The number of thiazole rings is 1. The number of furan rings is 1. The lowest BCUT2D eigenvalue weighted by Gasteiger charge is -2.00. The smallest absolute Gasteiger partial charge is 0.345 e. The Morgan fingerprint density at radius 1 is 1.14 bits per heavy atom. The van der Waals surface area contributed by atoms with Crippen LogP contribution in [0.3, 0.4) is 0 Å². The maximum absolute atomic E-state index is 12.5. The fraction of sp³-hybridized carbons (Fsp3) is 0. The standard InChI is InChI=1S/C25H12ClN3O5S/c26-17-4-6-23-15(8-17)11-20(25(30)34-23)21-13-35-24(28-21)16(12-27)10-19-5-7-22(33-19)14-2-1-3-18(9-14)29(31)32/h1-11,13H. The van der Waals surface area contributed by atoms with Crippen LogP contribution in [0.15, 0.2) is 79.7 Å². The van der Waals surface area contributed by atoms with Gasteiger partial charge in [0, 0.05) is 39.6 Å². The van der Waals surface area contributed by atoms with E-state index in [-0.39, 0.29) is 16.8 Å². The summed E-state index contributed by atoms with van der Waals surface area (Å²) in [5.41, 5.74) is 1.21. The summed E-state index contributed by atoms with van der Waals surface area (Å²) < 4.78 is 11.2. The molecule has 3 heterocycles. The number of rotatable bonds is 5. The molecule has 0 aliphatic rings. The van der Waals surface area contributed by atoms with Crippen LogP contribution in [0.1, 0.15) is 10.8 Å². The van der Waals surface area contributed by atoms with Crippen molar-refractivity contribution in [3.05, 3.63) is 102 Å². The first-order valence-electron chi connectivity index (χ1n) is 10.1. The van der Waals surface area contributed by atoms with E-state index in [2.05, 4.69) is 11.1 Å². The molecule has 0 fully saturated rings. The van der Waals surface area contributed by atoms with Crippen molar-refractivity contribution < 1.29 is 13.8 Å². The van der Waals surface area contributed by atoms with Gasteiger partial charge in [-0.15, -0.1) is 11.3 Å². The average molecular weight is 502 g/mol. The van der Waals surface area contributed by atoms with Crippen LogP contribution in [0.4, 0.5) is 5.69 Å². The molecule has 35 heavy (non-hydrogen) atoms. The number of allylic oxidation sites excluding steroid dienone is 1. The van der Waals surface area contributed by atoms with E-state index in [1.807, 2.05) is 0 Å². The van der Waals surface area contributed by atoms with E-state index < -0.39 is 10.5 Å². The van der Waals surface area contributed by atoms with Gasteiger partial charge < -0.3 is 8.83 Å². The number of nitrogens with zero attached hydrogens (tertiary/aromatic N) is 3. The molecule has 10 heteroatoms. The van der Waals surface area contributed by atoms with Gasteiger partial charge in [0.05, 0.1) is 21.8 Å². The number of fused-ring (bicyclic) bond motifs is 1. The Kier molecular flexibility index (Phi) is 5.74. The van der Waals surface area contributed by atoms with Gasteiger partial charge in [-0.1, -0.05) is 23.7 Å². The largest absolute Gasteiger partial charge is 0.457 e. The van der Waals surface area contributed by atoms with Crippen LogP contribution in [0, 0.1) is 21.4 Å². The van der Waals surface area contributed by atoms with Crippen LogP contribution in [0.25, 0.3) is 45.2 Å². The van der Waals surface area contributed by atoms with E-state index in [1.54, 1.807) is 53.9 Å². The van der Waals surface area contributed by atoms with Crippen molar-refractivity contribution in [1.29, 1.82) is 5.26 Å². The average Bonchev–Trinajstić information content (AvgIpc) is 3.52. The number of nitro groups is 1. The molecule has 0 unspecified atom stereocenters. The van der Waals surface area contributed by atoms with Crippen LogP contribution in [-0.4, -0.2) is 9.91 Å². The Bertz CT molecular complexity index is 1740. The lowest BCUT2D eigenvalue weighted by Crippen LogP contribution is -2.02. The second kappa shape index (κ2) is 9.02. The molecule has 0 saturated carbocycles. The van der Waals surface area contributed by atoms with E-state index in [1.165, 1.54) is 29.5 Å². The molecule has 3 aromatic heterocycles. The van der Waals surface area contributed by atoms with Crippen molar-refractivity contribution >= 4 is 51.2 Å². The Morgan fingerprint density at radius 3 is 2.80 bits per heavy atom. The first kappa shape index (κ1) is 22.3. The van der Waals surface area contributed by atoms with Gasteiger partial charge in [-0.3, -0.25) is 10.1 Å². The van der Waals surface area contributed by atoms with Crippen molar-refractivity contribution in [2.45, 2.75) is 0 Å².